The molecule has 348 valence electrons. The van der Waals surface area contributed by atoms with Crippen LogP contribution in [0.2, 0.25) is 0 Å². The van der Waals surface area contributed by atoms with E-state index >= 15 is 0 Å². The number of aliphatic hydroxyl groups is 1. The number of Topliss-reactive ketones (excluding diaryl/α,β-unsaturated/α-hetero) is 2. The first-order chi connectivity index (χ1) is 29.0. The molecule has 6 rings (SSSR count). The zero-order valence-corrected chi connectivity index (χ0v) is 38.2. The maximum atomic E-state index is 13.9. The van der Waals surface area contributed by atoms with Crippen LogP contribution in [-0.4, -0.2) is 119 Å². The molecule has 2 N–H and O–H groups in total. The Balaban J connectivity index is 0.954. The first-order valence-corrected chi connectivity index (χ1v) is 24.1. The number of aliphatic carboxylic acids is 1. The number of aliphatic hydroxyl groups excluding tert-OH is 1. The fourth-order valence-electron chi connectivity index (χ4n) is 10.9. The van der Waals surface area contributed by atoms with Crippen molar-refractivity contribution in [1.29, 1.82) is 0 Å². The number of ketones is 2. The van der Waals surface area contributed by atoms with Crippen LogP contribution in [0.3, 0.4) is 0 Å². The van der Waals surface area contributed by atoms with E-state index in [-0.39, 0.29) is 127 Å². The number of carboxylic acids is 1. The molecule has 6 heterocycles. The van der Waals surface area contributed by atoms with Crippen LogP contribution in [0.25, 0.3) is 0 Å². The third kappa shape index (κ3) is 12.6. The van der Waals surface area contributed by atoms with Gasteiger partial charge in [-0.2, -0.15) is 0 Å². The molecule has 0 aromatic heterocycles. The van der Waals surface area contributed by atoms with Gasteiger partial charge in [0.25, 0.3) is 0 Å². The Morgan fingerprint density at radius 3 is 1.34 bits per heavy atom. The second kappa shape index (κ2) is 21.8. The Hall–Kier alpha value is -2.00. The van der Waals surface area contributed by atoms with Crippen LogP contribution in [0.1, 0.15) is 158 Å². The highest BCUT2D eigenvalue weighted by molar-refractivity contribution is 5.82. The zero-order valence-electron chi connectivity index (χ0n) is 38.2. The Kier molecular flexibility index (Phi) is 17.3. The predicted octanol–water partition coefficient (Wildman–Crippen LogP) is 7.18. The Morgan fingerprint density at radius 2 is 0.885 bits per heavy atom. The molecular formula is C48H78O13. The van der Waals surface area contributed by atoms with Gasteiger partial charge in [0, 0.05) is 42.9 Å². The van der Waals surface area contributed by atoms with E-state index in [2.05, 4.69) is 27.7 Å². The molecule has 0 radical (unpaired) electrons. The minimum Gasteiger partial charge on any atom is -0.481 e. The zero-order chi connectivity index (χ0) is 44.1. The number of carboxylic acid groups (broad SMARTS) is 1. The van der Waals surface area contributed by atoms with Gasteiger partial charge in [-0.3, -0.25) is 19.2 Å². The summed E-state index contributed by atoms with van der Waals surface area (Å²) in [6.07, 6.45) is 8.67. The highest BCUT2D eigenvalue weighted by Crippen LogP contribution is 2.38. The van der Waals surface area contributed by atoms with Gasteiger partial charge in [-0.25, -0.2) is 0 Å². The third-order valence-corrected chi connectivity index (χ3v) is 15.6. The van der Waals surface area contributed by atoms with Crippen molar-refractivity contribution in [1.82, 2.24) is 0 Å². The Morgan fingerprint density at radius 1 is 0.492 bits per heavy atom. The van der Waals surface area contributed by atoms with Crippen molar-refractivity contribution in [3.05, 3.63) is 0 Å². The van der Waals surface area contributed by atoms with Gasteiger partial charge in [-0.05, 0) is 111 Å². The van der Waals surface area contributed by atoms with Crippen LogP contribution >= 0.6 is 0 Å². The van der Waals surface area contributed by atoms with Crippen molar-refractivity contribution in [2.45, 2.75) is 244 Å². The van der Waals surface area contributed by atoms with Crippen LogP contribution in [0.4, 0.5) is 0 Å². The highest BCUT2D eigenvalue weighted by Gasteiger charge is 2.43. The van der Waals surface area contributed by atoms with Gasteiger partial charge in [0.2, 0.25) is 0 Å². The molecule has 0 amide bonds. The summed E-state index contributed by atoms with van der Waals surface area (Å²) >= 11 is 0. The molecule has 6 fully saturated rings. The number of esters is 1. The molecule has 0 aliphatic carbocycles. The van der Waals surface area contributed by atoms with Crippen LogP contribution in [0, 0.1) is 35.5 Å². The summed E-state index contributed by atoms with van der Waals surface area (Å²) in [4.78, 5) is 52.2. The largest absolute Gasteiger partial charge is 0.481 e. The summed E-state index contributed by atoms with van der Waals surface area (Å²) in [6.45, 7) is 15.6. The standard InChI is InChI=1S/C48H78O13/c1-25-9-15-40(55-25)27(3)37(49)21-33-11-17-41(57-33)28(4)39(51)23-35-13-20-45(59-35)32(8)48(54)61-46(30(6)43-16-10-26(2)56-43)24-36-14-18-42(60-36)29(5)38(50)22-34-12-19-44(58-34)31(7)47(52)53/h25-37,40-46,49H,9-24H2,1-8H3,(H,52,53)/t25-,26-,27-,28+,29+,30+,31+,32+,33+,34+,35+,36+,37-,40+,41-,42-,43+,44+,45+,46-/m1/s1. The monoisotopic (exact) mass is 863 g/mol. The number of ether oxygens (including phenoxy) is 7. The van der Waals surface area contributed by atoms with Crippen molar-refractivity contribution in [3.8, 4) is 0 Å². The molecule has 0 saturated carbocycles. The van der Waals surface area contributed by atoms with Gasteiger partial charge in [0.15, 0.2) is 0 Å². The maximum absolute atomic E-state index is 13.9. The molecular weight excluding hydrogens is 785 g/mol. The molecule has 6 aliphatic heterocycles. The molecule has 13 nitrogen and oxygen atoms in total. The molecule has 13 heteroatoms. The van der Waals surface area contributed by atoms with E-state index < -0.39 is 30.0 Å². The highest BCUT2D eigenvalue weighted by atomic mass is 16.6. The number of hydrogen-bond acceptors (Lipinski definition) is 12. The lowest BCUT2D eigenvalue weighted by Crippen LogP contribution is -2.39. The smallest absolute Gasteiger partial charge is 0.311 e. The van der Waals surface area contributed by atoms with E-state index in [1.807, 2.05) is 20.8 Å². The van der Waals surface area contributed by atoms with Crippen molar-refractivity contribution in [3.63, 3.8) is 0 Å². The van der Waals surface area contributed by atoms with Gasteiger partial charge in [0.1, 0.15) is 17.7 Å². The molecule has 0 aromatic rings. The lowest BCUT2D eigenvalue weighted by Gasteiger charge is -2.32. The van der Waals surface area contributed by atoms with E-state index in [4.69, 9.17) is 33.2 Å². The molecule has 0 aromatic carbocycles. The summed E-state index contributed by atoms with van der Waals surface area (Å²) in [7, 11) is 0. The first kappa shape index (κ1) is 48.5. The lowest BCUT2D eigenvalue weighted by atomic mass is 9.90. The Bertz CT molecular complexity index is 1470. The molecule has 0 bridgehead atoms. The lowest BCUT2D eigenvalue weighted by molar-refractivity contribution is -0.166. The average molecular weight is 863 g/mol. The molecule has 0 spiro atoms. The minimum absolute atomic E-state index is 0.0387. The van der Waals surface area contributed by atoms with Crippen LogP contribution < -0.4 is 0 Å². The van der Waals surface area contributed by atoms with Crippen LogP contribution in [-0.2, 0) is 52.3 Å². The number of rotatable bonds is 21. The molecule has 6 saturated heterocycles. The fourth-order valence-corrected chi connectivity index (χ4v) is 10.9. The number of carbonyl (C=O) groups is 4. The van der Waals surface area contributed by atoms with Crippen LogP contribution in [0.5, 0.6) is 0 Å². The van der Waals surface area contributed by atoms with Gasteiger partial charge in [-0.1, -0.05) is 27.7 Å². The number of carbonyl (C=O) groups excluding carboxylic acids is 3. The van der Waals surface area contributed by atoms with E-state index in [1.54, 1.807) is 6.92 Å². The van der Waals surface area contributed by atoms with E-state index in [1.165, 1.54) is 0 Å². The van der Waals surface area contributed by atoms with Gasteiger partial charge in [0.05, 0.1) is 91.2 Å². The summed E-state index contributed by atoms with van der Waals surface area (Å²) in [5.74, 6) is -2.82. The van der Waals surface area contributed by atoms with Crippen molar-refractivity contribution >= 4 is 23.5 Å². The quantitative estimate of drug-likeness (QED) is 0.111. The van der Waals surface area contributed by atoms with E-state index in [9.17, 15) is 29.4 Å². The van der Waals surface area contributed by atoms with Gasteiger partial charge in [-0.15, -0.1) is 0 Å². The van der Waals surface area contributed by atoms with Gasteiger partial charge < -0.3 is 43.4 Å². The second-order valence-corrected chi connectivity index (χ2v) is 20.2. The fraction of sp³-hybridized carbons (Fsp3) is 0.917. The summed E-state index contributed by atoms with van der Waals surface area (Å²) in [5.41, 5.74) is 0. The Labute approximate surface area is 364 Å². The first-order valence-electron chi connectivity index (χ1n) is 24.1. The second-order valence-electron chi connectivity index (χ2n) is 20.2. The number of hydrogen-bond donors (Lipinski definition) is 2. The van der Waals surface area contributed by atoms with Gasteiger partial charge >= 0.3 is 11.9 Å². The SMILES string of the molecule is C[C@H]([C@H](O)C[C@@H]1CC[C@H]([C@@H](C)C(=O)C[C@@H]2CC[C@@H]([C@H](C)C(=O)O[C@H](C[C@@H]3CC[C@H]([C@@H](C)C(=O)C[C@@H]4CC[C@@H]([C@H](C)C(=O)O)O4)O3)[C@@H](C)[C@@H]3CC[C@@H](C)O3)O2)O1)[C@@H]1CC[C@@H](C)O1. The van der Waals surface area contributed by atoms with Crippen molar-refractivity contribution in [2.24, 2.45) is 35.5 Å². The van der Waals surface area contributed by atoms with Crippen molar-refractivity contribution in [2.75, 3.05) is 0 Å². The van der Waals surface area contributed by atoms with E-state index in [0.29, 0.717) is 38.5 Å². The summed E-state index contributed by atoms with van der Waals surface area (Å²) in [6, 6.07) is 0. The minimum atomic E-state index is -0.889. The normalized spacial score (nSPS) is 38.1. The average Bonchev–Trinajstić information content (AvgIpc) is 4.09. The third-order valence-electron chi connectivity index (χ3n) is 15.6. The molecule has 0 unspecified atom stereocenters. The molecule has 61 heavy (non-hydrogen) atoms. The summed E-state index contributed by atoms with van der Waals surface area (Å²) < 4.78 is 43.8. The molecule has 6 aliphatic rings. The topological polar surface area (TPSA) is 173 Å². The van der Waals surface area contributed by atoms with Crippen molar-refractivity contribution < 1.29 is 62.5 Å². The maximum Gasteiger partial charge on any atom is 0.311 e. The molecule has 20 atom stereocenters. The van der Waals surface area contributed by atoms with E-state index in [0.717, 1.165) is 51.4 Å². The predicted molar refractivity (Wildman–Crippen MR) is 226 cm³/mol. The van der Waals surface area contributed by atoms with Crippen LogP contribution in [0.15, 0.2) is 0 Å². The summed E-state index contributed by atoms with van der Waals surface area (Å²) in [5, 5.41) is 20.3.